The molecule has 1 saturated heterocycles. The van der Waals surface area contributed by atoms with Crippen LogP contribution in [-0.2, 0) is 11.4 Å². The van der Waals surface area contributed by atoms with Gasteiger partial charge in [0.15, 0.2) is 5.11 Å². The van der Waals surface area contributed by atoms with Gasteiger partial charge in [-0.1, -0.05) is 30.3 Å². The average Bonchev–Trinajstić information content (AvgIpc) is 3.03. The molecule has 0 unspecified atom stereocenters. The Morgan fingerprint density at radius 2 is 1.58 bits per heavy atom. The van der Waals surface area contributed by atoms with Crippen molar-refractivity contribution in [3.05, 3.63) is 95.4 Å². The van der Waals surface area contributed by atoms with E-state index >= 15 is 0 Å². The highest BCUT2D eigenvalue weighted by Crippen LogP contribution is 2.29. The molecular formula is C26H23FN2O3S. The van der Waals surface area contributed by atoms with Crippen LogP contribution < -0.4 is 14.4 Å². The second-order valence-corrected chi connectivity index (χ2v) is 7.75. The smallest absolute Gasteiger partial charge is 0.281 e. The van der Waals surface area contributed by atoms with Gasteiger partial charge in [0, 0.05) is 12.6 Å². The lowest BCUT2D eigenvalue weighted by atomic mass is 10.1. The van der Waals surface area contributed by atoms with Crippen LogP contribution in [-0.4, -0.2) is 29.6 Å². The standard InChI is InChI=1S/C26H23FN2O3S/c1-3-31-21-14-10-20(11-15-21)29-25(30)24(28(2)26(29)33)16-18-8-12-22(13-9-18)32-17-19-6-4-5-7-23(19)27/h4-16H,3,17H2,1-2H3/b24-16-. The highest BCUT2D eigenvalue weighted by atomic mass is 32.1. The molecule has 33 heavy (non-hydrogen) atoms. The number of anilines is 1. The van der Waals surface area contributed by atoms with Gasteiger partial charge < -0.3 is 14.4 Å². The molecule has 1 aliphatic rings. The summed E-state index contributed by atoms with van der Waals surface area (Å²) in [6, 6.07) is 21.0. The number of rotatable bonds is 7. The molecule has 0 aliphatic carbocycles. The van der Waals surface area contributed by atoms with Crippen molar-refractivity contribution in [2.24, 2.45) is 0 Å². The Kier molecular flexibility index (Phi) is 6.70. The van der Waals surface area contributed by atoms with E-state index in [0.717, 1.165) is 11.3 Å². The first kappa shape index (κ1) is 22.5. The summed E-state index contributed by atoms with van der Waals surface area (Å²) >= 11 is 5.52. The van der Waals surface area contributed by atoms with Crippen molar-refractivity contribution in [3.8, 4) is 11.5 Å². The summed E-state index contributed by atoms with van der Waals surface area (Å²) in [5.41, 5.74) is 2.46. The third kappa shape index (κ3) is 4.88. The van der Waals surface area contributed by atoms with Gasteiger partial charge in [-0.15, -0.1) is 0 Å². The van der Waals surface area contributed by atoms with E-state index in [1.54, 1.807) is 48.4 Å². The van der Waals surface area contributed by atoms with Crippen molar-refractivity contribution in [3.63, 3.8) is 0 Å². The topological polar surface area (TPSA) is 42.0 Å². The zero-order valence-corrected chi connectivity index (χ0v) is 19.1. The van der Waals surface area contributed by atoms with E-state index in [2.05, 4.69) is 0 Å². The number of carbonyl (C=O) groups excluding carboxylic acids is 1. The maximum Gasteiger partial charge on any atom is 0.281 e. The van der Waals surface area contributed by atoms with E-state index in [-0.39, 0.29) is 18.3 Å². The predicted octanol–water partition coefficient (Wildman–Crippen LogP) is 5.41. The van der Waals surface area contributed by atoms with Crippen LogP contribution >= 0.6 is 12.2 Å². The fraction of sp³-hybridized carbons (Fsp3) is 0.154. The SMILES string of the molecule is CCOc1ccc(N2C(=O)/C(=C/c3ccc(OCc4ccccc4F)cc3)N(C)C2=S)cc1. The number of benzene rings is 3. The van der Waals surface area contributed by atoms with Crippen LogP contribution in [0.3, 0.4) is 0 Å². The number of thiocarbonyl (C=S) groups is 1. The molecular weight excluding hydrogens is 439 g/mol. The number of amides is 1. The average molecular weight is 463 g/mol. The molecule has 0 bridgehead atoms. The van der Waals surface area contributed by atoms with E-state index in [9.17, 15) is 9.18 Å². The van der Waals surface area contributed by atoms with Crippen molar-refractivity contribution >= 4 is 35.0 Å². The summed E-state index contributed by atoms with van der Waals surface area (Å²) in [6.07, 6.45) is 1.78. The van der Waals surface area contributed by atoms with E-state index in [4.69, 9.17) is 21.7 Å². The van der Waals surface area contributed by atoms with Gasteiger partial charge in [-0.3, -0.25) is 9.69 Å². The highest BCUT2D eigenvalue weighted by Gasteiger charge is 2.36. The molecule has 0 atom stereocenters. The molecule has 0 N–H and O–H groups in total. The number of likely N-dealkylation sites (N-methyl/N-ethyl adjacent to an activating group) is 1. The first-order valence-corrected chi connectivity index (χ1v) is 10.9. The molecule has 4 rings (SSSR count). The molecule has 1 aliphatic heterocycles. The van der Waals surface area contributed by atoms with Gasteiger partial charge in [0.2, 0.25) is 0 Å². The second kappa shape index (κ2) is 9.83. The quantitative estimate of drug-likeness (QED) is 0.347. The minimum absolute atomic E-state index is 0.139. The van der Waals surface area contributed by atoms with Gasteiger partial charge in [0.25, 0.3) is 5.91 Å². The van der Waals surface area contributed by atoms with Crippen molar-refractivity contribution < 1.29 is 18.7 Å². The highest BCUT2D eigenvalue weighted by molar-refractivity contribution is 7.80. The molecule has 168 valence electrons. The molecule has 0 radical (unpaired) electrons. The second-order valence-electron chi connectivity index (χ2n) is 7.39. The lowest BCUT2D eigenvalue weighted by Crippen LogP contribution is -2.31. The molecule has 0 spiro atoms. The molecule has 3 aromatic rings. The Labute approximate surface area is 197 Å². The Morgan fingerprint density at radius 1 is 0.939 bits per heavy atom. The van der Waals surface area contributed by atoms with Gasteiger partial charge >= 0.3 is 0 Å². The molecule has 7 heteroatoms. The maximum absolute atomic E-state index is 13.8. The normalized spacial score (nSPS) is 14.8. The Hall–Kier alpha value is -3.71. The van der Waals surface area contributed by atoms with Gasteiger partial charge in [-0.25, -0.2) is 4.39 Å². The number of halogens is 1. The molecule has 1 amide bonds. The molecule has 0 saturated carbocycles. The van der Waals surface area contributed by atoms with Crippen molar-refractivity contribution in [1.82, 2.24) is 4.90 Å². The fourth-order valence-corrected chi connectivity index (χ4v) is 3.72. The summed E-state index contributed by atoms with van der Waals surface area (Å²) in [5.74, 6) is 0.847. The third-order valence-electron chi connectivity index (χ3n) is 5.20. The van der Waals surface area contributed by atoms with Crippen molar-refractivity contribution in [2.75, 3.05) is 18.6 Å². The van der Waals surface area contributed by atoms with Crippen LogP contribution in [0.15, 0.2) is 78.5 Å². The van der Waals surface area contributed by atoms with E-state index in [1.165, 1.54) is 11.0 Å². The summed E-state index contributed by atoms with van der Waals surface area (Å²) < 4.78 is 24.9. The fourth-order valence-electron chi connectivity index (χ4n) is 3.44. The van der Waals surface area contributed by atoms with Crippen LogP contribution in [0.1, 0.15) is 18.1 Å². The minimum atomic E-state index is -0.297. The first-order chi connectivity index (χ1) is 16.0. The van der Waals surface area contributed by atoms with Gasteiger partial charge in [-0.2, -0.15) is 0 Å². The van der Waals surface area contributed by atoms with Crippen LogP contribution in [0, 0.1) is 5.82 Å². The maximum atomic E-state index is 13.8. The zero-order chi connectivity index (χ0) is 23.4. The van der Waals surface area contributed by atoms with Crippen molar-refractivity contribution in [2.45, 2.75) is 13.5 Å². The summed E-state index contributed by atoms with van der Waals surface area (Å²) in [4.78, 5) is 16.3. The summed E-state index contributed by atoms with van der Waals surface area (Å²) in [5, 5.41) is 0.403. The number of hydrogen-bond donors (Lipinski definition) is 0. The monoisotopic (exact) mass is 462 g/mol. The van der Waals surface area contributed by atoms with Crippen molar-refractivity contribution in [1.29, 1.82) is 0 Å². The van der Waals surface area contributed by atoms with Crippen LogP contribution in [0.2, 0.25) is 0 Å². The summed E-state index contributed by atoms with van der Waals surface area (Å²) in [7, 11) is 1.77. The van der Waals surface area contributed by atoms with E-state index in [1.807, 2.05) is 43.3 Å². The molecule has 3 aromatic carbocycles. The molecule has 5 nitrogen and oxygen atoms in total. The molecule has 1 heterocycles. The number of carbonyl (C=O) groups is 1. The van der Waals surface area contributed by atoms with Gasteiger partial charge in [0.1, 0.15) is 29.6 Å². The number of hydrogen-bond acceptors (Lipinski definition) is 4. The van der Waals surface area contributed by atoms with Gasteiger partial charge in [0.05, 0.1) is 12.3 Å². The number of ether oxygens (including phenoxy) is 2. The molecule has 1 fully saturated rings. The van der Waals surface area contributed by atoms with Gasteiger partial charge in [-0.05, 0) is 73.2 Å². The van der Waals surface area contributed by atoms with Crippen LogP contribution in [0.25, 0.3) is 6.08 Å². The largest absolute Gasteiger partial charge is 0.494 e. The zero-order valence-electron chi connectivity index (χ0n) is 18.3. The van der Waals surface area contributed by atoms with Crippen LogP contribution in [0.5, 0.6) is 11.5 Å². The first-order valence-electron chi connectivity index (χ1n) is 10.5. The Balaban J connectivity index is 1.48. The van der Waals surface area contributed by atoms with E-state index < -0.39 is 0 Å². The lowest BCUT2D eigenvalue weighted by Gasteiger charge is -2.16. The Morgan fingerprint density at radius 3 is 2.24 bits per heavy atom. The lowest BCUT2D eigenvalue weighted by molar-refractivity contribution is -0.114. The molecule has 0 aromatic heterocycles. The predicted molar refractivity (Wildman–Crippen MR) is 131 cm³/mol. The van der Waals surface area contributed by atoms with E-state index in [0.29, 0.717) is 34.4 Å². The third-order valence-corrected chi connectivity index (χ3v) is 5.66. The number of nitrogens with zero attached hydrogens (tertiary/aromatic N) is 2. The Bertz CT molecular complexity index is 1190. The van der Waals surface area contributed by atoms with Crippen LogP contribution in [0.4, 0.5) is 10.1 Å². The minimum Gasteiger partial charge on any atom is -0.494 e. The summed E-state index contributed by atoms with van der Waals surface area (Å²) in [6.45, 7) is 2.63.